The Kier molecular flexibility index (Phi) is 3.45. The van der Waals surface area contributed by atoms with Crippen molar-refractivity contribution in [1.29, 1.82) is 0 Å². The minimum Gasteiger partial charge on any atom is -0.397 e. The van der Waals surface area contributed by atoms with Crippen LogP contribution in [0.15, 0.2) is 18.2 Å². The van der Waals surface area contributed by atoms with E-state index in [2.05, 4.69) is 19.2 Å². The van der Waals surface area contributed by atoms with Crippen LogP contribution in [0.25, 0.3) is 0 Å². The Morgan fingerprint density at radius 2 is 2.06 bits per heavy atom. The summed E-state index contributed by atoms with van der Waals surface area (Å²) in [5.41, 5.74) is 13.1. The standard InChI is InChI=1S/C14H21N3O/c1-8-6-7-12(9(8)2)17-13-10(14(16)18)4-3-5-11(13)15/h3-5,8-9,12,17H,6-7,15H2,1-2H3,(H2,16,18). The largest absolute Gasteiger partial charge is 0.397 e. The average Bonchev–Trinajstić information content (AvgIpc) is 2.63. The molecule has 2 rings (SSSR count). The molecule has 3 atom stereocenters. The van der Waals surface area contributed by atoms with Gasteiger partial charge in [-0.05, 0) is 36.8 Å². The Balaban J connectivity index is 2.26. The lowest BCUT2D eigenvalue weighted by Gasteiger charge is -2.23. The van der Waals surface area contributed by atoms with Crippen molar-refractivity contribution >= 4 is 17.3 Å². The first-order valence-corrected chi connectivity index (χ1v) is 6.45. The maximum absolute atomic E-state index is 11.4. The van der Waals surface area contributed by atoms with Crippen LogP contribution in [-0.4, -0.2) is 11.9 Å². The molecule has 1 aliphatic rings. The molecule has 98 valence electrons. The summed E-state index contributed by atoms with van der Waals surface area (Å²) in [5.74, 6) is 0.832. The first kappa shape index (κ1) is 12.7. The van der Waals surface area contributed by atoms with E-state index in [-0.39, 0.29) is 0 Å². The van der Waals surface area contributed by atoms with Crippen molar-refractivity contribution in [2.45, 2.75) is 32.7 Å². The summed E-state index contributed by atoms with van der Waals surface area (Å²) in [4.78, 5) is 11.4. The molecule has 1 amide bonds. The van der Waals surface area contributed by atoms with E-state index in [1.807, 2.05) is 0 Å². The monoisotopic (exact) mass is 247 g/mol. The van der Waals surface area contributed by atoms with Crippen LogP contribution in [0.3, 0.4) is 0 Å². The highest BCUT2D eigenvalue weighted by atomic mass is 16.1. The number of carbonyl (C=O) groups excluding carboxylic acids is 1. The lowest BCUT2D eigenvalue weighted by molar-refractivity contribution is 0.100. The predicted molar refractivity (Wildman–Crippen MR) is 74.3 cm³/mol. The van der Waals surface area contributed by atoms with Crippen molar-refractivity contribution in [2.24, 2.45) is 17.6 Å². The molecule has 4 nitrogen and oxygen atoms in total. The van der Waals surface area contributed by atoms with Gasteiger partial charge in [0.2, 0.25) is 0 Å². The zero-order chi connectivity index (χ0) is 13.3. The molecule has 0 aromatic heterocycles. The molecular weight excluding hydrogens is 226 g/mol. The van der Waals surface area contributed by atoms with Crippen LogP contribution in [0.5, 0.6) is 0 Å². The van der Waals surface area contributed by atoms with Gasteiger partial charge in [-0.1, -0.05) is 19.9 Å². The number of primary amides is 1. The second kappa shape index (κ2) is 4.88. The summed E-state index contributed by atoms with van der Waals surface area (Å²) >= 11 is 0. The van der Waals surface area contributed by atoms with Gasteiger partial charge in [0.05, 0.1) is 16.9 Å². The number of para-hydroxylation sites is 1. The topological polar surface area (TPSA) is 81.1 Å². The van der Waals surface area contributed by atoms with Crippen molar-refractivity contribution < 1.29 is 4.79 Å². The zero-order valence-electron chi connectivity index (χ0n) is 10.9. The van der Waals surface area contributed by atoms with Crippen molar-refractivity contribution in [3.8, 4) is 0 Å². The third-order valence-electron chi connectivity index (χ3n) is 4.16. The van der Waals surface area contributed by atoms with Gasteiger partial charge in [0, 0.05) is 6.04 Å². The van der Waals surface area contributed by atoms with E-state index in [0.29, 0.717) is 34.8 Å². The van der Waals surface area contributed by atoms with Gasteiger partial charge in [-0.25, -0.2) is 0 Å². The SMILES string of the molecule is CC1CCC(Nc2c(N)cccc2C(N)=O)C1C. The van der Waals surface area contributed by atoms with E-state index in [9.17, 15) is 4.79 Å². The Labute approximate surface area is 108 Å². The molecule has 0 saturated heterocycles. The van der Waals surface area contributed by atoms with Crippen LogP contribution in [0, 0.1) is 11.8 Å². The lowest BCUT2D eigenvalue weighted by atomic mass is 9.97. The molecule has 0 radical (unpaired) electrons. The van der Waals surface area contributed by atoms with Crippen molar-refractivity contribution in [3.05, 3.63) is 23.8 Å². The number of benzene rings is 1. The minimum atomic E-state index is -0.441. The van der Waals surface area contributed by atoms with Crippen molar-refractivity contribution in [2.75, 3.05) is 11.1 Å². The van der Waals surface area contributed by atoms with Gasteiger partial charge in [0.15, 0.2) is 0 Å². The van der Waals surface area contributed by atoms with Crippen LogP contribution < -0.4 is 16.8 Å². The molecule has 1 saturated carbocycles. The second-order valence-electron chi connectivity index (χ2n) is 5.30. The maximum atomic E-state index is 11.4. The smallest absolute Gasteiger partial charge is 0.250 e. The average molecular weight is 247 g/mol. The fourth-order valence-corrected chi connectivity index (χ4v) is 2.69. The van der Waals surface area contributed by atoms with Gasteiger partial charge in [-0.3, -0.25) is 4.79 Å². The van der Waals surface area contributed by atoms with E-state index < -0.39 is 5.91 Å². The van der Waals surface area contributed by atoms with Gasteiger partial charge in [-0.2, -0.15) is 0 Å². The summed E-state index contributed by atoms with van der Waals surface area (Å²) in [5, 5.41) is 3.41. The van der Waals surface area contributed by atoms with Crippen LogP contribution in [0.4, 0.5) is 11.4 Å². The third-order valence-corrected chi connectivity index (χ3v) is 4.16. The number of nitrogens with one attached hydrogen (secondary N) is 1. The summed E-state index contributed by atoms with van der Waals surface area (Å²) in [6.45, 7) is 4.49. The van der Waals surface area contributed by atoms with E-state index in [1.165, 1.54) is 6.42 Å². The zero-order valence-corrected chi connectivity index (χ0v) is 10.9. The van der Waals surface area contributed by atoms with E-state index in [4.69, 9.17) is 11.5 Å². The first-order valence-electron chi connectivity index (χ1n) is 6.45. The van der Waals surface area contributed by atoms with Crippen molar-refractivity contribution in [1.82, 2.24) is 0 Å². The summed E-state index contributed by atoms with van der Waals surface area (Å²) in [6, 6.07) is 5.62. The summed E-state index contributed by atoms with van der Waals surface area (Å²) in [7, 11) is 0. The molecule has 4 heteroatoms. The number of anilines is 2. The van der Waals surface area contributed by atoms with Crippen LogP contribution >= 0.6 is 0 Å². The molecule has 0 heterocycles. The molecule has 1 fully saturated rings. The molecular formula is C14H21N3O. The maximum Gasteiger partial charge on any atom is 0.250 e. The number of hydrogen-bond acceptors (Lipinski definition) is 3. The highest BCUT2D eigenvalue weighted by Gasteiger charge is 2.30. The van der Waals surface area contributed by atoms with Crippen LogP contribution in [0.2, 0.25) is 0 Å². The summed E-state index contributed by atoms with van der Waals surface area (Å²) in [6.07, 6.45) is 2.31. The number of hydrogen-bond donors (Lipinski definition) is 3. The number of nitrogen functional groups attached to an aromatic ring is 1. The molecule has 0 bridgehead atoms. The Hall–Kier alpha value is -1.71. The molecule has 1 aromatic carbocycles. The molecule has 1 aromatic rings. The van der Waals surface area contributed by atoms with Crippen LogP contribution in [-0.2, 0) is 0 Å². The highest BCUT2D eigenvalue weighted by molar-refractivity contribution is 6.01. The minimum absolute atomic E-state index is 0.364. The molecule has 3 unspecified atom stereocenters. The van der Waals surface area contributed by atoms with Gasteiger partial charge in [0.1, 0.15) is 0 Å². The van der Waals surface area contributed by atoms with Gasteiger partial charge >= 0.3 is 0 Å². The Bertz CT molecular complexity index is 458. The third kappa shape index (κ3) is 2.28. The number of amides is 1. The Morgan fingerprint density at radius 3 is 2.61 bits per heavy atom. The van der Waals surface area contributed by atoms with Crippen molar-refractivity contribution in [3.63, 3.8) is 0 Å². The fourth-order valence-electron chi connectivity index (χ4n) is 2.69. The predicted octanol–water partition coefficient (Wildman–Crippen LogP) is 2.21. The quantitative estimate of drug-likeness (QED) is 0.716. The molecule has 1 aliphatic carbocycles. The highest BCUT2D eigenvalue weighted by Crippen LogP contribution is 2.35. The van der Waals surface area contributed by atoms with Gasteiger partial charge < -0.3 is 16.8 Å². The Morgan fingerprint density at radius 1 is 1.33 bits per heavy atom. The molecule has 0 aliphatic heterocycles. The fraction of sp³-hybridized carbons (Fsp3) is 0.500. The lowest BCUT2D eigenvalue weighted by Crippen LogP contribution is -2.26. The normalized spacial score (nSPS) is 27.1. The second-order valence-corrected chi connectivity index (χ2v) is 5.30. The molecule has 18 heavy (non-hydrogen) atoms. The van der Waals surface area contributed by atoms with E-state index in [1.54, 1.807) is 18.2 Å². The van der Waals surface area contributed by atoms with Gasteiger partial charge in [0.25, 0.3) is 5.91 Å². The van der Waals surface area contributed by atoms with E-state index >= 15 is 0 Å². The molecule has 0 spiro atoms. The van der Waals surface area contributed by atoms with E-state index in [0.717, 1.165) is 6.42 Å². The number of rotatable bonds is 3. The number of nitrogens with two attached hydrogens (primary N) is 2. The van der Waals surface area contributed by atoms with Crippen LogP contribution in [0.1, 0.15) is 37.0 Å². The summed E-state index contributed by atoms with van der Waals surface area (Å²) < 4.78 is 0. The molecule has 5 N–H and O–H groups in total. The van der Waals surface area contributed by atoms with Gasteiger partial charge in [-0.15, -0.1) is 0 Å². The number of carbonyl (C=O) groups is 1. The first-order chi connectivity index (χ1) is 8.50.